The van der Waals surface area contributed by atoms with Crippen LogP contribution in [-0.2, 0) is 23.2 Å². The van der Waals surface area contributed by atoms with Gasteiger partial charge in [0.1, 0.15) is 5.01 Å². The summed E-state index contributed by atoms with van der Waals surface area (Å²) in [5, 5.41) is 11.8. The fourth-order valence-electron chi connectivity index (χ4n) is 1.55. The Balaban J connectivity index is 2.15. The van der Waals surface area contributed by atoms with Gasteiger partial charge in [-0.1, -0.05) is 17.7 Å². The van der Waals surface area contributed by atoms with Crippen LogP contribution in [0.1, 0.15) is 16.3 Å². The van der Waals surface area contributed by atoms with Crippen molar-refractivity contribution in [1.29, 1.82) is 0 Å². The van der Waals surface area contributed by atoms with Crippen LogP contribution >= 0.6 is 22.9 Å². The van der Waals surface area contributed by atoms with E-state index in [4.69, 9.17) is 16.7 Å². The van der Waals surface area contributed by atoms with Crippen molar-refractivity contribution in [3.8, 4) is 0 Å². The van der Waals surface area contributed by atoms with Crippen LogP contribution in [0.4, 0.5) is 0 Å². The first kappa shape index (κ1) is 15.4. The topological polar surface area (TPSA) is 79.3 Å². The molecule has 0 spiro atoms. The second-order valence-electron chi connectivity index (χ2n) is 4.12. The summed E-state index contributed by atoms with van der Waals surface area (Å²) in [5.74, 6) is 0. The second-order valence-corrected chi connectivity index (χ2v) is 7.24. The molecule has 2 N–H and O–H groups in total. The molecule has 0 atom stereocenters. The van der Waals surface area contributed by atoms with E-state index in [1.54, 1.807) is 0 Å². The lowest BCUT2D eigenvalue weighted by molar-refractivity contribution is 0.282. The zero-order valence-electron chi connectivity index (χ0n) is 10.6. The number of aliphatic hydroxyl groups excluding tert-OH is 1. The molecule has 2 rings (SSSR count). The van der Waals surface area contributed by atoms with Crippen LogP contribution < -0.4 is 4.72 Å². The highest BCUT2D eigenvalue weighted by Gasteiger charge is 2.16. The summed E-state index contributed by atoms with van der Waals surface area (Å²) in [7, 11) is -3.65. The highest BCUT2D eigenvalue weighted by molar-refractivity contribution is 7.89. The fraction of sp³-hybridized carbons (Fsp3) is 0.250. The number of nitrogens with one attached hydrogen (secondary N) is 1. The maximum Gasteiger partial charge on any atom is 0.241 e. The Morgan fingerprint density at radius 2 is 2.20 bits per heavy atom. The van der Waals surface area contributed by atoms with Crippen LogP contribution in [0, 0.1) is 6.92 Å². The number of hydrogen-bond acceptors (Lipinski definition) is 5. The molecule has 1 aromatic carbocycles. The number of thiazole rings is 1. The molecule has 0 unspecified atom stereocenters. The van der Waals surface area contributed by atoms with Crippen molar-refractivity contribution >= 4 is 33.0 Å². The molecule has 0 aliphatic rings. The molecule has 108 valence electrons. The summed E-state index contributed by atoms with van der Waals surface area (Å²) in [5.41, 5.74) is 1.35. The zero-order valence-corrected chi connectivity index (χ0v) is 13.0. The monoisotopic (exact) mass is 332 g/mol. The molecule has 0 fully saturated rings. The van der Waals surface area contributed by atoms with E-state index < -0.39 is 10.0 Å². The number of rotatable bonds is 5. The highest BCUT2D eigenvalue weighted by atomic mass is 35.5. The smallest absolute Gasteiger partial charge is 0.241 e. The zero-order chi connectivity index (χ0) is 14.8. The molecule has 0 aliphatic carbocycles. The van der Waals surface area contributed by atoms with Gasteiger partial charge in [-0.25, -0.2) is 18.1 Å². The Kier molecular flexibility index (Phi) is 4.77. The average molecular weight is 333 g/mol. The number of aliphatic hydroxyl groups is 1. The van der Waals surface area contributed by atoms with Gasteiger partial charge in [0.25, 0.3) is 0 Å². The third-order valence-electron chi connectivity index (χ3n) is 2.59. The van der Waals surface area contributed by atoms with Crippen LogP contribution in [0.5, 0.6) is 0 Å². The van der Waals surface area contributed by atoms with Gasteiger partial charge in [0.05, 0.1) is 18.0 Å². The van der Waals surface area contributed by atoms with E-state index in [0.717, 1.165) is 5.69 Å². The third kappa shape index (κ3) is 3.56. The average Bonchev–Trinajstić information content (AvgIpc) is 2.82. The van der Waals surface area contributed by atoms with Crippen LogP contribution in [0.15, 0.2) is 28.5 Å². The Labute approximate surface area is 126 Å². The maximum atomic E-state index is 12.1. The summed E-state index contributed by atoms with van der Waals surface area (Å²) in [6.45, 7) is 1.76. The standard InChI is InChI=1S/C12H13ClN2O3S2/c1-8-7-19-12(15-8)5-14-20(17,18)10-3-2-9(6-16)11(13)4-10/h2-4,7,14,16H,5-6H2,1H3. The molecule has 2 aromatic rings. The van der Waals surface area contributed by atoms with Gasteiger partial charge in [-0.05, 0) is 24.6 Å². The minimum atomic E-state index is -3.65. The lowest BCUT2D eigenvalue weighted by Gasteiger charge is -2.07. The third-order valence-corrected chi connectivity index (χ3v) is 5.30. The van der Waals surface area contributed by atoms with Gasteiger partial charge in [0.15, 0.2) is 0 Å². The molecule has 0 saturated heterocycles. The summed E-state index contributed by atoms with van der Waals surface area (Å²) in [6.07, 6.45) is 0. The molecule has 0 aliphatic heterocycles. The van der Waals surface area contributed by atoms with Gasteiger partial charge in [0, 0.05) is 16.1 Å². The van der Waals surface area contributed by atoms with Crippen molar-refractivity contribution in [3.05, 3.63) is 44.9 Å². The van der Waals surface area contributed by atoms with E-state index in [0.29, 0.717) is 10.6 Å². The minimum absolute atomic E-state index is 0.0629. The summed E-state index contributed by atoms with van der Waals surface area (Å²) >= 11 is 7.29. The van der Waals surface area contributed by atoms with Gasteiger partial charge >= 0.3 is 0 Å². The molecule has 1 heterocycles. The quantitative estimate of drug-likeness (QED) is 0.878. The Hall–Kier alpha value is -0.990. The first-order chi connectivity index (χ1) is 9.42. The van der Waals surface area contributed by atoms with Crippen LogP contribution in [0.3, 0.4) is 0 Å². The molecule has 0 bridgehead atoms. The van der Waals surface area contributed by atoms with Crippen LogP contribution in [-0.4, -0.2) is 18.5 Å². The predicted molar refractivity (Wildman–Crippen MR) is 78.3 cm³/mol. The molecular formula is C12H13ClN2O3S2. The van der Waals surface area contributed by atoms with E-state index in [1.807, 2.05) is 12.3 Å². The van der Waals surface area contributed by atoms with Crippen molar-refractivity contribution in [2.75, 3.05) is 0 Å². The second kappa shape index (κ2) is 6.19. The predicted octanol–water partition coefficient (Wildman–Crippen LogP) is 2.08. The molecule has 8 heteroatoms. The van der Waals surface area contributed by atoms with Gasteiger partial charge in [-0.2, -0.15) is 0 Å². The number of aryl methyl sites for hydroxylation is 1. The van der Waals surface area contributed by atoms with Gasteiger partial charge in [0.2, 0.25) is 10.0 Å². The number of aromatic nitrogens is 1. The number of hydrogen-bond donors (Lipinski definition) is 2. The van der Waals surface area contributed by atoms with Crippen LogP contribution in [0.25, 0.3) is 0 Å². The van der Waals surface area contributed by atoms with Crippen molar-refractivity contribution in [1.82, 2.24) is 9.71 Å². The molecule has 0 amide bonds. The number of benzene rings is 1. The van der Waals surface area contributed by atoms with Gasteiger partial charge in [-0.3, -0.25) is 0 Å². The maximum absolute atomic E-state index is 12.1. The van der Waals surface area contributed by atoms with E-state index in [9.17, 15) is 8.42 Å². The molecule has 20 heavy (non-hydrogen) atoms. The first-order valence-corrected chi connectivity index (χ1v) is 8.46. The van der Waals surface area contributed by atoms with Crippen LogP contribution in [0.2, 0.25) is 5.02 Å². The molecule has 0 radical (unpaired) electrons. The molecular weight excluding hydrogens is 320 g/mol. The van der Waals surface area contributed by atoms with E-state index in [2.05, 4.69) is 9.71 Å². The summed E-state index contributed by atoms with van der Waals surface area (Å²) in [4.78, 5) is 4.25. The number of nitrogens with zero attached hydrogens (tertiary/aromatic N) is 1. The fourth-order valence-corrected chi connectivity index (χ4v) is 3.67. The minimum Gasteiger partial charge on any atom is -0.392 e. The van der Waals surface area contributed by atoms with Crippen molar-refractivity contribution in [3.63, 3.8) is 0 Å². The summed E-state index contributed by atoms with van der Waals surface area (Å²) in [6, 6.07) is 4.22. The first-order valence-electron chi connectivity index (χ1n) is 5.72. The summed E-state index contributed by atoms with van der Waals surface area (Å²) < 4.78 is 26.7. The SMILES string of the molecule is Cc1csc(CNS(=O)(=O)c2ccc(CO)c(Cl)c2)n1. The molecule has 5 nitrogen and oxygen atoms in total. The lowest BCUT2D eigenvalue weighted by atomic mass is 10.2. The van der Waals surface area contributed by atoms with Gasteiger partial charge < -0.3 is 5.11 Å². The van der Waals surface area contributed by atoms with E-state index >= 15 is 0 Å². The van der Waals surface area contributed by atoms with Crippen molar-refractivity contribution in [2.45, 2.75) is 25.0 Å². The molecule has 0 saturated carbocycles. The number of sulfonamides is 1. The largest absolute Gasteiger partial charge is 0.392 e. The Morgan fingerprint density at radius 1 is 1.45 bits per heavy atom. The van der Waals surface area contributed by atoms with Crippen molar-refractivity contribution in [2.24, 2.45) is 0 Å². The van der Waals surface area contributed by atoms with Crippen molar-refractivity contribution < 1.29 is 13.5 Å². The molecule has 1 aromatic heterocycles. The Bertz CT molecular complexity index is 713. The Morgan fingerprint density at radius 3 is 2.75 bits per heavy atom. The number of halogens is 1. The normalized spacial score (nSPS) is 11.8. The highest BCUT2D eigenvalue weighted by Crippen LogP contribution is 2.21. The van der Waals surface area contributed by atoms with Gasteiger partial charge in [-0.15, -0.1) is 11.3 Å². The lowest BCUT2D eigenvalue weighted by Crippen LogP contribution is -2.23. The van der Waals surface area contributed by atoms with E-state index in [1.165, 1.54) is 29.5 Å². The van der Waals surface area contributed by atoms with E-state index in [-0.39, 0.29) is 23.1 Å².